The van der Waals surface area contributed by atoms with Crippen molar-refractivity contribution in [1.82, 2.24) is 10.0 Å². The van der Waals surface area contributed by atoms with Crippen LogP contribution in [-0.4, -0.2) is 40.0 Å². The highest BCUT2D eigenvalue weighted by Gasteiger charge is 2.28. The van der Waals surface area contributed by atoms with Gasteiger partial charge in [0.05, 0.1) is 23.5 Å². The predicted molar refractivity (Wildman–Crippen MR) is 108 cm³/mol. The first-order valence-corrected chi connectivity index (χ1v) is 9.88. The molecular weight excluding hydrogens is 473 g/mol. The van der Waals surface area contributed by atoms with Crippen LogP contribution in [0.5, 0.6) is 0 Å². The lowest BCUT2D eigenvalue weighted by atomic mass is 10.1. The third-order valence-electron chi connectivity index (χ3n) is 4.38. The molecule has 1 aliphatic rings. The fraction of sp³-hybridized carbons (Fsp3) is 0.333. The number of aromatic nitrogens is 1. The van der Waals surface area contributed by atoms with Crippen LogP contribution in [0.15, 0.2) is 27.5 Å². The molecule has 0 fully saturated rings. The van der Waals surface area contributed by atoms with Crippen LogP contribution < -0.4 is 16.4 Å². The second-order valence-corrected chi connectivity index (χ2v) is 7.69. The Balaban J connectivity index is 2.01. The molecule has 156 valence electrons. The van der Waals surface area contributed by atoms with Crippen molar-refractivity contribution in [2.45, 2.75) is 25.5 Å². The van der Waals surface area contributed by atoms with E-state index in [1.54, 1.807) is 6.07 Å². The van der Waals surface area contributed by atoms with Crippen LogP contribution in [-0.2, 0) is 17.8 Å². The molecule has 2 heterocycles. The molecule has 4 N–H and O–H groups in total. The van der Waals surface area contributed by atoms with Gasteiger partial charge in [-0.1, -0.05) is 27.5 Å². The Hall–Kier alpha value is -1.98. The molecule has 3 rings (SSSR count). The zero-order valence-electron chi connectivity index (χ0n) is 15.0. The summed E-state index contributed by atoms with van der Waals surface area (Å²) >= 11 is 9.41. The number of carbonyl (C=O) groups is 1. The highest BCUT2D eigenvalue weighted by atomic mass is 79.9. The van der Waals surface area contributed by atoms with Crippen LogP contribution in [0.1, 0.15) is 22.5 Å². The second-order valence-electron chi connectivity index (χ2n) is 6.40. The summed E-state index contributed by atoms with van der Waals surface area (Å²) in [7, 11) is 0. The average molecular weight is 491 g/mol. The predicted octanol–water partition coefficient (Wildman–Crippen LogP) is 2.11. The lowest BCUT2D eigenvalue weighted by molar-refractivity contribution is -0.0295. The van der Waals surface area contributed by atoms with Crippen LogP contribution >= 0.6 is 27.5 Å². The third-order valence-corrected chi connectivity index (χ3v) is 5.23. The van der Waals surface area contributed by atoms with Gasteiger partial charge in [-0.05, 0) is 31.0 Å². The van der Waals surface area contributed by atoms with E-state index < -0.39 is 30.0 Å². The van der Waals surface area contributed by atoms with Crippen molar-refractivity contribution >= 4 is 44.8 Å². The number of pyridine rings is 1. The fourth-order valence-corrected chi connectivity index (χ4v) is 3.61. The SMILES string of the molecule is O=C(NOCC(O)CO)c1c(Nc2ccc(Br)cc2F)c(Cl)c(=O)n2c1CCC2. The molecular formula is C18H18BrClFN3O5. The fourth-order valence-electron chi connectivity index (χ4n) is 3.03. The smallest absolute Gasteiger partial charge is 0.278 e. The van der Waals surface area contributed by atoms with E-state index >= 15 is 0 Å². The lowest BCUT2D eigenvalue weighted by Gasteiger charge is -2.18. The summed E-state index contributed by atoms with van der Waals surface area (Å²) in [4.78, 5) is 30.3. The maximum Gasteiger partial charge on any atom is 0.278 e. The number of amides is 1. The number of nitrogens with zero attached hydrogens (tertiary/aromatic N) is 1. The molecule has 2 aromatic rings. The lowest BCUT2D eigenvalue weighted by Crippen LogP contribution is -2.33. The normalized spacial score (nSPS) is 13.8. The van der Waals surface area contributed by atoms with Gasteiger partial charge in [0.2, 0.25) is 0 Å². The number of hydrogen-bond acceptors (Lipinski definition) is 6. The number of aliphatic hydroxyl groups excluding tert-OH is 2. The Kier molecular flexibility index (Phi) is 6.91. The number of anilines is 2. The minimum Gasteiger partial charge on any atom is -0.394 e. The number of nitrogens with one attached hydrogen (secondary N) is 2. The van der Waals surface area contributed by atoms with Crippen molar-refractivity contribution in [3.63, 3.8) is 0 Å². The summed E-state index contributed by atoms with van der Waals surface area (Å²) < 4.78 is 16.2. The van der Waals surface area contributed by atoms with Gasteiger partial charge >= 0.3 is 0 Å². The standard InChI is InChI=1S/C18H18BrClFN3O5/c19-9-3-4-12(11(21)6-9)22-16-14(17(27)23-29-8-10(26)7-25)13-2-1-5-24(13)18(28)15(16)20/h3-4,6,10,22,25-26H,1-2,5,7-8H2,(H,23,27). The number of hydroxylamine groups is 1. The van der Waals surface area contributed by atoms with E-state index in [0.717, 1.165) is 0 Å². The molecule has 0 bridgehead atoms. The molecule has 0 saturated carbocycles. The van der Waals surface area contributed by atoms with Crippen LogP contribution in [0.2, 0.25) is 5.02 Å². The second kappa shape index (κ2) is 9.23. The number of fused-ring (bicyclic) bond motifs is 1. The minimum atomic E-state index is -1.17. The Morgan fingerprint density at radius 2 is 2.21 bits per heavy atom. The van der Waals surface area contributed by atoms with Crippen molar-refractivity contribution < 1.29 is 24.2 Å². The highest BCUT2D eigenvalue weighted by Crippen LogP contribution is 2.33. The molecule has 0 saturated heterocycles. The molecule has 1 atom stereocenters. The Labute approximate surface area is 178 Å². The first kappa shape index (κ1) is 21.7. The molecule has 1 unspecified atom stereocenters. The van der Waals surface area contributed by atoms with E-state index in [9.17, 15) is 19.1 Å². The summed E-state index contributed by atoms with van der Waals surface area (Å²) in [5.41, 5.74) is 2.18. The Bertz CT molecular complexity index is 1000. The summed E-state index contributed by atoms with van der Waals surface area (Å²) in [5, 5.41) is 20.6. The highest BCUT2D eigenvalue weighted by molar-refractivity contribution is 9.10. The maximum atomic E-state index is 14.3. The number of rotatable bonds is 7. The molecule has 8 nitrogen and oxygen atoms in total. The van der Waals surface area contributed by atoms with Crippen LogP contribution in [0.3, 0.4) is 0 Å². The van der Waals surface area contributed by atoms with Crippen LogP contribution in [0.25, 0.3) is 0 Å². The molecule has 0 radical (unpaired) electrons. The van der Waals surface area contributed by atoms with Gasteiger partial charge in [0.15, 0.2) is 0 Å². The van der Waals surface area contributed by atoms with Gasteiger partial charge in [-0.15, -0.1) is 0 Å². The molecule has 29 heavy (non-hydrogen) atoms. The summed E-state index contributed by atoms with van der Waals surface area (Å²) in [6, 6.07) is 4.27. The van der Waals surface area contributed by atoms with Gasteiger partial charge in [0.1, 0.15) is 23.6 Å². The quantitative estimate of drug-likeness (QED) is 0.442. The monoisotopic (exact) mass is 489 g/mol. The van der Waals surface area contributed by atoms with E-state index in [2.05, 4.69) is 26.7 Å². The van der Waals surface area contributed by atoms with Crippen molar-refractivity contribution in [1.29, 1.82) is 0 Å². The average Bonchev–Trinajstić information content (AvgIpc) is 3.17. The molecule has 0 spiro atoms. The zero-order chi connectivity index (χ0) is 21.1. The number of hydrogen-bond donors (Lipinski definition) is 4. The van der Waals surface area contributed by atoms with Gasteiger partial charge < -0.3 is 20.1 Å². The summed E-state index contributed by atoms with van der Waals surface area (Å²) in [5.74, 6) is -1.33. The number of benzene rings is 1. The van der Waals surface area contributed by atoms with Gasteiger partial charge in [0.25, 0.3) is 11.5 Å². The number of carbonyl (C=O) groups excluding carboxylic acids is 1. The third kappa shape index (κ3) is 4.62. The summed E-state index contributed by atoms with van der Waals surface area (Å²) in [6.07, 6.45) is -0.0738. The van der Waals surface area contributed by atoms with E-state index in [4.69, 9.17) is 21.5 Å². The first-order valence-electron chi connectivity index (χ1n) is 8.71. The van der Waals surface area contributed by atoms with Gasteiger partial charge in [-0.2, -0.15) is 0 Å². The molecule has 1 aromatic carbocycles. The molecule has 1 aliphatic heterocycles. The van der Waals surface area contributed by atoms with Crippen molar-refractivity contribution in [2.75, 3.05) is 18.5 Å². The largest absolute Gasteiger partial charge is 0.394 e. The van der Waals surface area contributed by atoms with Crippen molar-refractivity contribution in [2.24, 2.45) is 0 Å². The van der Waals surface area contributed by atoms with Gasteiger partial charge in [-0.25, -0.2) is 9.87 Å². The zero-order valence-corrected chi connectivity index (χ0v) is 17.4. The van der Waals surface area contributed by atoms with Crippen LogP contribution in [0, 0.1) is 5.82 Å². The van der Waals surface area contributed by atoms with E-state index in [1.807, 2.05) is 0 Å². The van der Waals surface area contributed by atoms with E-state index in [0.29, 0.717) is 29.6 Å². The minimum absolute atomic E-state index is 0.0307. The maximum absolute atomic E-state index is 14.3. The van der Waals surface area contributed by atoms with E-state index in [-0.39, 0.29) is 28.6 Å². The van der Waals surface area contributed by atoms with Crippen LogP contribution in [0.4, 0.5) is 15.8 Å². The molecule has 11 heteroatoms. The van der Waals surface area contributed by atoms with Crippen molar-refractivity contribution in [3.05, 3.63) is 55.1 Å². The summed E-state index contributed by atoms with van der Waals surface area (Å²) in [6.45, 7) is -0.465. The first-order chi connectivity index (χ1) is 13.8. The Morgan fingerprint density at radius 1 is 1.45 bits per heavy atom. The van der Waals surface area contributed by atoms with Gasteiger partial charge in [-0.3, -0.25) is 14.4 Å². The topological polar surface area (TPSA) is 113 Å². The van der Waals surface area contributed by atoms with E-state index in [1.165, 1.54) is 16.7 Å². The van der Waals surface area contributed by atoms with Crippen molar-refractivity contribution in [3.8, 4) is 0 Å². The number of halogens is 3. The molecule has 0 aliphatic carbocycles. The molecule has 1 aromatic heterocycles. The Morgan fingerprint density at radius 3 is 2.90 bits per heavy atom. The van der Waals surface area contributed by atoms with Gasteiger partial charge in [0, 0.05) is 16.7 Å². The number of aliphatic hydroxyl groups is 2. The molecule has 1 amide bonds.